The summed E-state index contributed by atoms with van der Waals surface area (Å²) >= 11 is 0. The van der Waals surface area contributed by atoms with E-state index in [1.165, 1.54) is 6.07 Å². The van der Waals surface area contributed by atoms with Crippen LogP contribution in [0.4, 0.5) is 4.39 Å². The molecule has 3 heteroatoms. The van der Waals surface area contributed by atoms with Crippen molar-refractivity contribution in [3.8, 4) is 5.75 Å². The Bertz CT molecular complexity index is 383. The minimum atomic E-state index is -0.669. The van der Waals surface area contributed by atoms with Crippen LogP contribution in [-0.2, 0) is 6.42 Å². The number of halogens is 1. The summed E-state index contributed by atoms with van der Waals surface area (Å²) in [5.74, 6) is 0.421. The number of rotatable bonds is 3. The maximum Gasteiger partial charge on any atom is 0.127 e. The van der Waals surface area contributed by atoms with E-state index in [4.69, 9.17) is 4.74 Å². The van der Waals surface area contributed by atoms with Crippen molar-refractivity contribution in [3.05, 3.63) is 29.1 Å². The van der Waals surface area contributed by atoms with Gasteiger partial charge in [0.15, 0.2) is 0 Å². The zero-order valence-corrected chi connectivity index (χ0v) is 9.01. The Morgan fingerprint density at radius 3 is 2.67 bits per heavy atom. The van der Waals surface area contributed by atoms with Crippen LogP contribution in [0.15, 0.2) is 12.1 Å². The first kappa shape index (κ1) is 10.4. The number of aliphatic hydroxyl groups is 1. The third-order valence-electron chi connectivity index (χ3n) is 3.04. The van der Waals surface area contributed by atoms with E-state index in [2.05, 4.69) is 0 Å². The van der Waals surface area contributed by atoms with Crippen molar-refractivity contribution in [3.63, 3.8) is 0 Å². The largest absolute Gasteiger partial charge is 0.496 e. The molecule has 0 bridgehead atoms. The van der Waals surface area contributed by atoms with Crippen molar-refractivity contribution in [2.75, 3.05) is 7.11 Å². The second-order valence-corrected chi connectivity index (χ2v) is 4.25. The van der Waals surface area contributed by atoms with Gasteiger partial charge in [-0.25, -0.2) is 4.39 Å². The van der Waals surface area contributed by atoms with E-state index in [0.717, 1.165) is 18.4 Å². The van der Waals surface area contributed by atoms with Gasteiger partial charge in [0.25, 0.3) is 0 Å². The van der Waals surface area contributed by atoms with Gasteiger partial charge in [-0.2, -0.15) is 0 Å². The molecule has 1 aromatic carbocycles. The lowest BCUT2D eigenvalue weighted by molar-refractivity contribution is 0.149. The van der Waals surface area contributed by atoms with Gasteiger partial charge >= 0.3 is 0 Å². The lowest BCUT2D eigenvalue weighted by Gasteiger charge is -2.14. The van der Waals surface area contributed by atoms with Gasteiger partial charge in [-0.05, 0) is 43.0 Å². The summed E-state index contributed by atoms with van der Waals surface area (Å²) < 4.78 is 18.7. The summed E-state index contributed by atoms with van der Waals surface area (Å²) in [6, 6.07) is 3.01. The van der Waals surface area contributed by atoms with E-state index in [0.29, 0.717) is 17.7 Å². The molecule has 0 amide bonds. The zero-order valence-electron chi connectivity index (χ0n) is 9.01. The normalized spacial score (nSPS) is 17.6. The van der Waals surface area contributed by atoms with Gasteiger partial charge in [-0.15, -0.1) is 0 Å². The predicted octanol–water partition coefficient (Wildman–Crippen LogP) is 2.21. The minimum Gasteiger partial charge on any atom is -0.496 e. The molecule has 1 fully saturated rings. The molecule has 0 heterocycles. The molecule has 0 spiro atoms. The molecule has 1 aromatic rings. The Morgan fingerprint density at radius 1 is 1.47 bits per heavy atom. The van der Waals surface area contributed by atoms with Gasteiger partial charge in [-0.1, -0.05) is 0 Å². The predicted molar refractivity (Wildman–Crippen MR) is 55.6 cm³/mol. The Labute approximate surface area is 88.7 Å². The summed E-state index contributed by atoms with van der Waals surface area (Å²) in [6.07, 6.45) is 1.92. The fourth-order valence-corrected chi connectivity index (χ4v) is 1.79. The van der Waals surface area contributed by atoms with Crippen molar-refractivity contribution in [1.29, 1.82) is 0 Å². The van der Waals surface area contributed by atoms with E-state index in [1.54, 1.807) is 13.2 Å². The van der Waals surface area contributed by atoms with Crippen molar-refractivity contribution >= 4 is 0 Å². The summed E-state index contributed by atoms with van der Waals surface area (Å²) in [6.45, 7) is 1.82. The molecule has 1 aliphatic rings. The van der Waals surface area contributed by atoms with Crippen LogP contribution in [0.1, 0.15) is 24.0 Å². The second-order valence-electron chi connectivity index (χ2n) is 4.25. The quantitative estimate of drug-likeness (QED) is 0.828. The number of benzene rings is 1. The second kappa shape index (κ2) is 3.49. The number of hydrogen-bond acceptors (Lipinski definition) is 2. The monoisotopic (exact) mass is 210 g/mol. The number of ether oxygens (including phenoxy) is 1. The van der Waals surface area contributed by atoms with Gasteiger partial charge in [0.05, 0.1) is 12.7 Å². The molecule has 0 atom stereocenters. The van der Waals surface area contributed by atoms with Gasteiger partial charge in [0, 0.05) is 6.42 Å². The molecular formula is C12H15FO2. The average molecular weight is 210 g/mol. The Hall–Kier alpha value is -1.09. The van der Waals surface area contributed by atoms with Crippen LogP contribution in [0.5, 0.6) is 5.75 Å². The maximum atomic E-state index is 13.6. The van der Waals surface area contributed by atoms with Crippen molar-refractivity contribution in [2.24, 2.45) is 0 Å². The van der Waals surface area contributed by atoms with E-state index in [9.17, 15) is 9.50 Å². The standard InChI is InChI=1S/C12H15FO2/c1-8-9(7-12(14)5-6-12)10(13)3-4-11(8)15-2/h3-4,14H,5-7H2,1-2H3. The van der Waals surface area contributed by atoms with Crippen molar-refractivity contribution in [2.45, 2.75) is 31.8 Å². The molecule has 0 saturated heterocycles. The Kier molecular flexibility index (Phi) is 2.43. The van der Waals surface area contributed by atoms with Crippen LogP contribution < -0.4 is 4.74 Å². The minimum absolute atomic E-state index is 0.256. The van der Waals surface area contributed by atoms with Crippen LogP contribution in [0.25, 0.3) is 0 Å². The molecule has 1 saturated carbocycles. The fourth-order valence-electron chi connectivity index (χ4n) is 1.79. The number of hydrogen-bond donors (Lipinski definition) is 1. The van der Waals surface area contributed by atoms with Crippen molar-refractivity contribution < 1.29 is 14.2 Å². The summed E-state index contributed by atoms with van der Waals surface area (Å²) in [4.78, 5) is 0. The van der Waals surface area contributed by atoms with Crippen LogP contribution in [-0.4, -0.2) is 17.8 Å². The lowest BCUT2D eigenvalue weighted by Crippen LogP contribution is -2.13. The topological polar surface area (TPSA) is 29.5 Å². The smallest absolute Gasteiger partial charge is 0.127 e. The third-order valence-corrected chi connectivity index (χ3v) is 3.04. The summed E-state index contributed by atoms with van der Waals surface area (Å²) in [5, 5.41) is 9.79. The highest BCUT2D eigenvalue weighted by Gasteiger charge is 2.41. The molecule has 0 radical (unpaired) electrons. The maximum absolute atomic E-state index is 13.6. The highest BCUT2D eigenvalue weighted by Crippen LogP contribution is 2.40. The van der Waals surface area contributed by atoms with Gasteiger partial charge in [0.1, 0.15) is 11.6 Å². The van der Waals surface area contributed by atoms with Crippen molar-refractivity contribution in [1.82, 2.24) is 0 Å². The van der Waals surface area contributed by atoms with Crippen LogP contribution in [0, 0.1) is 12.7 Å². The van der Waals surface area contributed by atoms with E-state index in [1.807, 2.05) is 6.92 Å². The highest BCUT2D eigenvalue weighted by atomic mass is 19.1. The molecule has 2 nitrogen and oxygen atoms in total. The van der Waals surface area contributed by atoms with Gasteiger partial charge in [0.2, 0.25) is 0 Å². The van der Waals surface area contributed by atoms with E-state index < -0.39 is 5.60 Å². The summed E-state index contributed by atoms with van der Waals surface area (Å²) in [7, 11) is 1.57. The first-order valence-corrected chi connectivity index (χ1v) is 5.10. The molecule has 82 valence electrons. The van der Waals surface area contributed by atoms with Gasteiger partial charge < -0.3 is 9.84 Å². The van der Waals surface area contributed by atoms with Crippen LogP contribution in [0.3, 0.4) is 0 Å². The first-order chi connectivity index (χ1) is 7.06. The molecule has 0 aliphatic heterocycles. The average Bonchev–Trinajstić information content (AvgIpc) is 2.92. The third kappa shape index (κ3) is 1.97. The Balaban J connectivity index is 2.35. The molecule has 1 aliphatic carbocycles. The van der Waals surface area contributed by atoms with E-state index >= 15 is 0 Å². The SMILES string of the molecule is COc1ccc(F)c(CC2(O)CC2)c1C. The lowest BCUT2D eigenvalue weighted by atomic mass is 10.00. The molecule has 0 aromatic heterocycles. The summed E-state index contributed by atoms with van der Waals surface area (Å²) in [5.41, 5.74) is 0.699. The molecular weight excluding hydrogens is 195 g/mol. The van der Waals surface area contributed by atoms with Crippen LogP contribution in [0.2, 0.25) is 0 Å². The first-order valence-electron chi connectivity index (χ1n) is 5.10. The number of methoxy groups -OCH3 is 1. The molecule has 0 unspecified atom stereocenters. The Morgan fingerprint density at radius 2 is 2.13 bits per heavy atom. The fraction of sp³-hybridized carbons (Fsp3) is 0.500. The highest BCUT2D eigenvalue weighted by molar-refractivity contribution is 5.41. The molecule has 15 heavy (non-hydrogen) atoms. The van der Waals surface area contributed by atoms with Crippen LogP contribution >= 0.6 is 0 Å². The van der Waals surface area contributed by atoms with Gasteiger partial charge in [-0.3, -0.25) is 0 Å². The van der Waals surface area contributed by atoms with E-state index in [-0.39, 0.29) is 5.82 Å². The molecule has 2 rings (SSSR count). The zero-order chi connectivity index (χ0) is 11.1. The molecule has 1 N–H and O–H groups in total.